The Labute approximate surface area is 166 Å². The Hall–Kier alpha value is -2.62. The van der Waals surface area contributed by atoms with E-state index in [-0.39, 0.29) is 12.5 Å². The number of benzene rings is 1. The third-order valence-corrected chi connectivity index (χ3v) is 4.54. The zero-order valence-corrected chi connectivity index (χ0v) is 16.7. The molecule has 1 heterocycles. The first-order valence-corrected chi connectivity index (χ1v) is 9.33. The second-order valence-corrected chi connectivity index (χ2v) is 6.91. The second kappa shape index (κ2) is 9.54. The topological polar surface area (TPSA) is 91.8 Å². The third kappa shape index (κ3) is 5.00. The Kier molecular flexibility index (Phi) is 7.38. The standard InChI is InChI=1S/C18H23F2N5O2S/c1-4-25-13(23-24-18(25)28)8-9-21-17(27)15(10(2)3)22-16(26)14-11(19)6-5-7-12(14)20/h5-7,10,15H,4,8-9H2,1-3H3,(H,21,27)(H,22,26)(H,24,28). The van der Waals surface area contributed by atoms with Crippen molar-refractivity contribution in [1.29, 1.82) is 0 Å². The largest absolute Gasteiger partial charge is 0.354 e. The highest BCUT2D eigenvalue weighted by Gasteiger charge is 2.27. The molecular formula is C18H23F2N5O2S. The van der Waals surface area contributed by atoms with Crippen LogP contribution in [0.5, 0.6) is 0 Å². The molecule has 0 aliphatic heterocycles. The predicted molar refractivity (Wildman–Crippen MR) is 102 cm³/mol. The van der Waals surface area contributed by atoms with Crippen LogP contribution in [0.2, 0.25) is 0 Å². The molecule has 10 heteroatoms. The first-order chi connectivity index (χ1) is 13.3. The molecule has 0 aliphatic rings. The van der Waals surface area contributed by atoms with Crippen LogP contribution in [0.15, 0.2) is 18.2 Å². The van der Waals surface area contributed by atoms with Crippen LogP contribution in [-0.2, 0) is 17.8 Å². The highest BCUT2D eigenvalue weighted by atomic mass is 32.1. The summed E-state index contributed by atoms with van der Waals surface area (Å²) in [5.41, 5.74) is -0.709. The van der Waals surface area contributed by atoms with Crippen LogP contribution in [0.1, 0.15) is 37.0 Å². The molecule has 7 nitrogen and oxygen atoms in total. The Bertz CT molecular complexity index is 889. The maximum Gasteiger partial charge on any atom is 0.257 e. The molecule has 1 atom stereocenters. The maximum absolute atomic E-state index is 13.8. The van der Waals surface area contributed by atoms with Gasteiger partial charge in [-0.05, 0) is 37.2 Å². The highest BCUT2D eigenvalue weighted by Crippen LogP contribution is 2.13. The fourth-order valence-corrected chi connectivity index (χ4v) is 3.02. The third-order valence-electron chi connectivity index (χ3n) is 4.23. The van der Waals surface area contributed by atoms with E-state index in [0.717, 1.165) is 12.1 Å². The number of carbonyl (C=O) groups excluding carboxylic acids is 2. The van der Waals surface area contributed by atoms with Crippen molar-refractivity contribution in [2.45, 2.75) is 39.8 Å². The van der Waals surface area contributed by atoms with E-state index in [4.69, 9.17) is 12.2 Å². The Morgan fingerprint density at radius 2 is 1.93 bits per heavy atom. The number of carbonyl (C=O) groups is 2. The number of amides is 2. The summed E-state index contributed by atoms with van der Waals surface area (Å²) in [6, 6.07) is 2.20. The zero-order valence-electron chi connectivity index (χ0n) is 15.9. The normalized spacial score (nSPS) is 12.1. The predicted octanol–water partition coefficient (Wildman–Crippen LogP) is 2.35. The quantitative estimate of drug-likeness (QED) is 0.582. The van der Waals surface area contributed by atoms with Crippen molar-refractivity contribution in [1.82, 2.24) is 25.4 Å². The van der Waals surface area contributed by atoms with Crippen LogP contribution < -0.4 is 10.6 Å². The molecule has 0 saturated carbocycles. The number of hydrogen-bond acceptors (Lipinski definition) is 4. The van der Waals surface area contributed by atoms with E-state index < -0.39 is 35.1 Å². The highest BCUT2D eigenvalue weighted by molar-refractivity contribution is 7.71. The molecule has 0 aliphatic carbocycles. The summed E-state index contributed by atoms with van der Waals surface area (Å²) in [5, 5.41) is 11.9. The second-order valence-electron chi connectivity index (χ2n) is 6.52. The average Bonchev–Trinajstić information content (AvgIpc) is 2.98. The number of nitrogens with zero attached hydrogens (tertiary/aromatic N) is 2. The minimum Gasteiger partial charge on any atom is -0.354 e. The van der Waals surface area contributed by atoms with Gasteiger partial charge in [-0.1, -0.05) is 19.9 Å². The maximum atomic E-state index is 13.8. The SMILES string of the molecule is CCn1c(CCNC(=O)C(NC(=O)c2c(F)cccc2F)C(C)C)n[nH]c1=S. The van der Waals surface area contributed by atoms with Gasteiger partial charge < -0.3 is 15.2 Å². The van der Waals surface area contributed by atoms with Gasteiger partial charge in [0.05, 0.1) is 0 Å². The van der Waals surface area contributed by atoms with Gasteiger partial charge in [0, 0.05) is 19.5 Å². The van der Waals surface area contributed by atoms with Gasteiger partial charge in [-0.15, -0.1) is 0 Å². The zero-order chi connectivity index (χ0) is 20.8. The molecule has 0 fully saturated rings. The summed E-state index contributed by atoms with van der Waals surface area (Å²) >= 11 is 5.11. The summed E-state index contributed by atoms with van der Waals surface area (Å²) in [5.74, 6) is -2.98. The van der Waals surface area contributed by atoms with E-state index in [1.807, 2.05) is 11.5 Å². The van der Waals surface area contributed by atoms with E-state index in [1.54, 1.807) is 13.8 Å². The molecule has 2 amide bonds. The first-order valence-electron chi connectivity index (χ1n) is 8.92. The molecule has 1 unspecified atom stereocenters. The van der Waals surface area contributed by atoms with Crippen molar-refractivity contribution in [2.75, 3.05) is 6.54 Å². The van der Waals surface area contributed by atoms with E-state index >= 15 is 0 Å². The van der Waals surface area contributed by atoms with Crippen molar-refractivity contribution in [2.24, 2.45) is 5.92 Å². The Morgan fingerprint density at radius 1 is 1.29 bits per heavy atom. The number of H-pyrrole nitrogens is 1. The molecule has 2 aromatic rings. The van der Waals surface area contributed by atoms with E-state index in [2.05, 4.69) is 20.8 Å². The number of nitrogens with one attached hydrogen (secondary N) is 3. The van der Waals surface area contributed by atoms with Crippen LogP contribution in [0.25, 0.3) is 0 Å². The minimum absolute atomic E-state index is 0.269. The smallest absolute Gasteiger partial charge is 0.257 e. The molecule has 1 aromatic carbocycles. The van der Waals surface area contributed by atoms with Gasteiger partial charge in [-0.2, -0.15) is 5.10 Å². The lowest BCUT2D eigenvalue weighted by Gasteiger charge is -2.22. The molecule has 3 N–H and O–H groups in total. The monoisotopic (exact) mass is 411 g/mol. The minimum atomic E-state index is -0.984. The van der Waals surface area contributed by atoms with Crippen LogP contribution in [0, 0.1) is 22.3 Å². The molecule has 1 aromatic heterocycles. The molecular weight excluding hydrogens is 388 g/mol. The van der Waals surface area contributed by atoms with Gasteiger partial charge in [0.25, 0.3) is 5.91 Å². The molecule has 0 spiro atoms. The van der Waals surface area contributed by atoms with E-state index in [0.29, 0.717) is 23.6 Å². The summed E-state index contributed by atoms with van der Waals surface area (Å²) in [6.07, 6.45) is 0.438. The van der Waals surface area contributed by atoms with Gasteiger partial charge in [-0.3, -0.25) is 14.7 Å². The van der Waals surface area contributed by atoms with Crippen LogP contribution in [-0.4, -0.2) is 39.2 Å². The van der Waals surface area contributed by atoms with Crippen molar-refractivity contribution >= 4 is 24.0 Å². The van der Waals surface area contributed by atoms with Crippen molar-refractivity contribution in [3.8, 4) is 0 Å². The number of rotatable bonds is 8. The van der Waals surface area contributed by atoms with Gasteiger partial charge in [-0.25, -0.2) is 8.78 Å². The molecule has 0 radical (unpaired) electrons. The molecule has 28 heavy (non-hydrogen) atoms. The molecule has 152 valence electrons. The lowest BCUT2D eigenvalue weighted by molar-refractivity contribution is -0.123. The molecule has 0 bridgehead atoms. The summed E-state index contributed by atoms with van der Waals surface area (Å²) < 4.78 is 29.9. The molecule has 2 rings (SSSR count). The van der Waals surface area contributed by atoms with Gasteiger partial charge in [0.2, 0.25) is 5.91 Å². The van der Waals surface area contributed by atoms with Gasteiger partial charge in [0.1, 0.15) is 29.1 Å². The van der Waals surface area contributed by atoms with Crippen LogP contribution in [0.4, 0.5) is 8.78 Å². The van der Waals surface area contributed by atoms with Crippen LogP contribution in [0.3, 0.4) is 0 Å². The van der Waals surface area contributed by atoms with E-state index in [9.17, 15) is 18.4 Å². The fourth-order valence-electron chi connectivity index (χ4n) is 2.74. The van der Waals surface area contributed by atoms with Crippen molar-refractivity contribution < 1.29 is 18.4 Å². The number of hydrogen-bond donors (Lipinski definition) is 3. The van der Waals surface area contributed by atoms with Gasteiger partial charge >= 0.3 is 0 Å². The number of aromatic amines is 1. The fraction of sp³-hybridized carbons (Fsp3) is 0.444. The Balaban J connectivity index is 2.02. The summed E-state index contributed by atoms with van der Waals surface area (Å²) in [7, 11) is 0. The first kappa shape index (κ1) is 21.7. The van der Waals surface area contributed by atoms with Crippen molar-refractivity contribution in [3.05, 3.63) is 46.0 Å². The summed E-state index contributed by atoms with van der Waals surface area (Å²) in [6.45, 7) is 6.30. The lowest BCUT2D eigenvalue weighted by atomic mass is 10.0. The number of aromatic nitrogens is 3. The van der Waals surface area contributed by atoms with E-state index in [1.165, 1.54) is 6.07 Å². The van der Waals surface area contributed by atoms with Gasteiger partial charge in [0.15, 0.2) is 4.77 Å². The van der Waals surface area contributed by atoms with Crippen LogP contribution >= 0.6 is 12.2 Å². The number of halogens is 2. The Morgan fingerprint density at radius 3 is 2.50 bits per heavy atom. The molecule has 0 saturated heterocycles. The average molecular weight is 411 g/mol. The lowest BCUT2D eigenvalue weighted by Crippen LogP contribution is -2.50. The summed E-state index contributed by atoms with van der Waals surface area (Å²) in [4.78, 5) is 24.8. The van der Waals surface area contributed by atoms with Crippen molar-refractivity contribution in [3.63, 3.8) is 0 Å².